The summed E-state index contributed by atoms with van der Waals surface area (Å²) in [6.45, 7) is 6.99. The first-order valence-electron chi connectivity index (χ1n) is 9.93. The largest absolute Gasteiger partial charge is 0.318 e. The van der Waals surface area contributed by atoms with E-state index < -0.39 is 0 Å². The molecule has 6 heteroatoms. The van der Waals surface area contributed by atoms with Gasteiger partial charge in [-0.15, -0.1) is 10.2 Å². The van der Waals surface area contributed by atoms with Crippen LogP contribution in [-0.4, -0.2) is 30.4 Å². The van der Waals surface area contributed by atoms with E-state index in [9.17, 15) is 4.79 Å². The molecule has 1 aromatic carbocycles. The molecule has 4 rings (SSSR count). The maximum Gasteiger partial charge on any atom is 0.191 e. The summed E-state index contributed by atoms with van der Waals surface area (Å²) < 4.78 is 4.35. The third-order valence-electron chi connectivity index (χ3n) is 5.44. The van der Waals surface area contributed by atoms with Gasteiger partial charge in [0.25, 0.3) is 0 Å². The number of aromatic nitrogens is 4. The summed E-state index contributed by atoms with van der Waals surface area (Å²) in [5, 5.41) is 9.38. The lowest BCUT2D eigenvalue weighted by atomic mass is 10.1. The number of carbonyl (C=O) groups is 1. The predicted octanol–water partition coefficient (Wildman–Crippen LogP) is 4.78. The molecule has 0 radical (unpaired) electrons. The highest BCUT2D eigenvalue weighted by Crippen LogP contribution is 2.29. The molecule has 0 bridgehead atoms. The minimum Gasteiger partial charge on any atom is -0.318 e. The van der Waals surface area contributed by atoms with Crippen LogP contribution in [0.5, 0.6) is 0 Å². The van der Waals surface area contributed by atoms with E-state index in [1.165, 1.54) is 24.6 Å². The van der Waals surface area contributed by atoms with Crippen molar-refractivity contribution in [3.8, 4) is 5.69 Å². The lowest BCUT2D eigenvalue weighted by Gasteiger charge is -2.12. The van der Waals surface area contributed by atoms with Crippen molar-refractivity contribution in [3.63, 3.8) is 0 Å². The van der Waals surface area contributed by atoms with Crippen LogP contribution < -0.4 is 0 Å². The van der Waals surface area contributed by atoms with Crippen molar-refractivity contribution in [2.45, 2.75) is 63.4 Å². The van der Waals surface area contributed by atoms with Gasteiger partial charge in [0.1, 0.15) is 5.82 Å². The summed E-state index contributed by atoms with van der Waals surface area (Å²) in [5.41, 5.74) is 3.93. The Morgan fingerprint density at radius 3 is 2.68 bits per heavy atom. The van der Waals surface area contributed by atoms with Crippen LogP contribution in [0.15, 0.2) is 41.6 Å². The van der Waals surface area contributed by atoms with Gasteiger partial charge in [0, 0.05) is 35.6 Å². The van der Waals surface area contributed by atoms with Gasteiger partial charge in [0.05, 0.1) is 5.25 Å². The van der Waals surface area contributed by atoms with Crippen molar-refractivity contribution in [2.24, 2.45) is 0 Å². The zero-order valence-corrected chi connectivity index (χ0v) is 17.5. The third kappa shape index (κ3) is 3.53. The highest BCUT2D eigenvalue weighted by atomic mass is 32.2. The molecule has 0 N–H and O–H groups in total. The first kappa shape index (κ1) is 19.0. The summed E-state index contributed by atoms with van der Waals surface area (Å²) in [5.74, 6) is 1.20. The molecule has 3 aromatic rings. The molecule has 0 saturated carbocycles. The van der Waals surface area contributed by atoms with Crippen LogP contribution in [0.1, 0.15) is 53.8 Å². The molecule has 3 heterocycles. The van der Waals surface area contributed by atoms with E-state index in [0.717, 1.165) is 53.0 Å². The van der Waals surface area contributed by atoms with Gasteiger partial charge in [-0.1, -0.05) is 36.4 Å². The van der Waals surface area contributed by atoms with Gasteiger partial charge in [0.15, 0.2) is 10.9 Å². The normalized spacial score (nSPS) is 15.1. The van der Waals surface area contributed by atoms with Crippen molar-refractivity contribution in [1.82, 2.24) is 19.3 Å². The minimum atomic E-state index is -0.207. The maximum absolute atomic E-state index is 13.2. The van der Waals surface area contributed by atoms with Gasteiger partial charge in [0.2, 0.25) is 0 Å². The lowest BCUT2D eigenvalue weighted by Crippen LogP contribution is -2.16. The number of hydrogen-bond acceptors (Lipinski definition) is 4. The molecule has 0 aliphatic carbocycles. The number of Topliss-reactive ketones (excluding diaryl/α,β-unsaturated/α-hetero) is 1. The number of para-hydroxylation sites is 1. The molecule has 1 aliphatic heterocycles. The minimum absolute atomic E-state index is 0.145. The Bertz CT molecular complexity index is 990. The Labute approximate surface area is 170 Å². The molecule has 5 nitrogen and oxygen atoms in total. The number of aryl methyl sites for hydroxylation is 2. The second-order valence-electron chi connectivity index (χ2n) is 7.44. The molecule has 0 fully saturated rings. The van der Waals surface area contributed by atoms with Crippen molar-refractivity contribution in [2.75, 3.05) is 0 Å². The van der Waals surface area contributed by atoms with Gasteiger partial charge in [-0.3, -0.25) is 4.79 Å². The quantitative estimate of drug-likeness (QED) is 0.462. The number of hydrogen-bond donors (Lipinski definition) is 0. The molecule has 146 valence electrons. The second-order valence-corrected chi connectivity index (χ2v) is 8.75. The van der Waals surface area contributed by atoms with E-state index in [1.807, 2.05) is 45.0 Å². The fourth-order valence-corrected chi connectivity index (χ4v) is 4.92. The Morgan fingerprint density at radius 2 is 1.89 bits per heavy atom. The third-order valence-corrected chi connectivity index (χ3v) is 6.52. The van der Waals surface area contributed by atoms with Crippen molar-refractivity contribution in [1.29, 1.82) is 0 Å². The van der Waals surface area contributed by atoms with E-state index >= 15 is 0 Å². The van der Waals surface area contributed by atoms with Crippen LogP contribution in [0.4, 0.5) is 0 Å². The summed E-state index contributed by atoms with van der Waals surface area (Å²) in [6, 6.07) is 12.2. The Morgan fingerprint density at radius 1 is 1.11 bits per heavy atom. The fraction of sp³-hybridized carbons (Fsp3) is 0.409. The number of carbonyl (C=O) groups excluding carboxylic acids is 1. The first-order valence-corrected chi connectivity index (χ1v) is 10.8. The number of thioether (sulfide) groups is 1. The number of ketones is 1. The highest BCUT2D eigenvalue weighted by Gasteiger charge is 2.25. The molecule has 0 amide bonds. The zero-order chi connectivity index (χ0) is 19.7. The van der Waals surface area contributed by atoms with E-state index in [0.29, 0.717) is 0 Å². The summed E-state index contributed by atoms with van der Waals surface area (Å²) in [4.78, 5) is 13.2. The lowest BCUT2D eigenvalue weighted by molar-refractivity contribution is 0.0993. The molecule has 1 aliphatic rings. The van der Waals surface area contributed by atoms with Gasteiger partial charge in [-0.25, -0.2) is 0 Å². The van der Waals surface area contributed by atoms with E-state index in [1.54, 1.807) is 0 Å². The smallest absolute Gasteiger partial charge is 0.191 e. The van der Waals surface area contributed by atoms with Gasteiger partial charge in [-0.05, 0) is 51.8 Å². The number of nitrogens with zero attached hydrogens (tertiary/aromatic N) is 4. The van der Waals surface area contributed by atoms with Crippen molar-refractivity contribution in [3.05, 3.63) is 59.2 Å². The Kier molecular flexibility index (Phi) is 5.40. The van der Waals surface area contributed by atoms with Crippen LogP contribution >= 0.6 is 11.8 Å². The molecule has 0 spiro atoms. The molecule has 1 atom stereocenters. The van der Waals surface area contributed by atoms with Gasteiger partial charge >= 0.3 is 0 Å². The van der Waals surface area contributed by atoms with Gasteiger partial charge < -0.3 is 9.13 Å². The SMILES string of the molecule is Cc1cc(C(=O)C(C)Sc2nnc3n2CCCCC3)c(C)n1-c1ccccc1. The monoisotopic (exact) mass is 394 g/mol. The van der Waals surface area contributed by atoms with Crippen LogP contribution in [0, 0.1) is 13.8 Å². The Hall–Kier alpha value is -2.34. The maximum atomic E-state index is 13.2. The molecular formula is C22H26N4OS. The molecular weight excluding hydrogens is 368 g/mol. The first-order chi connectivity index (χ1) is 13.6. The van der Waals surface area contributed by atoms with E-state index in [-0.39, 0.29) is 11.0 Å². The fourth-order valence-electron chi connectivity index (χ4n) is 3.96. The summed E-state index contributed by atoms with van der Waals surface area (Å²) in [6.07, 6.45) is 4.53. The van der Waals surface area contributed by atoms with Crippen molar-refractivity contribution >= 4 is 17.5 Å². The summed E-state index contributed by atoms with van der Waals surface area (Å²) in [7, 11) is 0. The zero-order valence-electron chi connectivity index (χ0n) is 16.7. The van der Waals surface area contributed by atoms with Crippen LogP contribution in [-0.2, 0) is 13.0 Å². The summed E-state index contributed by atoms with van der Waals surface area (Å²) >= 11 is 1.53. The van der Waals surface area contributed by atoms with Crippen molar-refractivity contribution < 1.29 is 4.79 Å². The molecule has 2 aromatic heterocycles. The van der Waals surface area contributed by atoms with Crippen LogP contribution in [0.3, 0.4) is 0 Å². The van der Waals surface area contributed by atoms with E-state index in [4.69, 9.17) is 0 Å². The van der Waals surface area contributed by atoms with Crippen LogP contribution in [0.2, 0.25) is 0 Å². The van der Waals surface area contributed by atoms with Crippen LogP contribution in [0.25, 0.3) is 5.69 Å². The Balaban J connectivity index is 1.58. The average molecular weight is 395 g/mol. The number of benzene rings is 1. The van der Waals surface area contributed by atoms with E-state index in [2.05, 4.69) is 31.5 Å². The second kappa shape index (κ2) is 7.95. The highest BCUT2D eigenvalue weighted by molar-refractivity contribution is 8.00. The number of fused-ring (bicyclic) bond motifs is 1. The molecule has 28 heavy (non-hydrogen) atoms. The average Bonchev–Trinajstić information content (AvgIpc) is 3.10. The molecule has 0 saturated heterocycles. The topological polar surface area (TPSA) is 52.7 Å². The molecule has 1 unspecified atom stereocenters. The van der Waals surface area contributed by atoms with Gasteiger partial charge in [-0.2, -0.15) is 0 Å². The standard InChI is InChI=1S/C22H26N4OS/c1-15-14-19(16(2)26(15)18-10-6-4-7-11-18)21(27)17(3)28-22-24-23-20-12-8-5-9-13-25(20)22/h4,6-7,10-11,14,17H,5,8-9,12-13H2,1-3H3. The predicted molar refractivity (Wildman–Crippen MR) is 112 cm³/mol. The number of rotatable bonds is 5.